The number of rotatable bonds is 6. The van der Waals surface area contributed by atoms with Crippen molar-refractivity contribution in [1.82, 2.24) is 10.3 Å². The van der Waals surface area contributed by atoms with Crippen LogP contribution < -0.4 is 10.1 Å². The summed E-state index contributed by atoms with van der Waals surface area (Å²) in [6.07, 6.45) is 4.34. The number of hydrogen-bond acceptors (Lipinski definition) is 4. The van der Waals surface area contributed by atoms with E-state index in [2.05, 4.69) is 10.3 Å². The first-order valence-electron chi connectivity index (χ1n) is 8.79. The quantitative estimate of drug-likeness (QED) is 0.848. The number of amides is 1. The van der Waals surface area contributed by atoms with E-state index in [4.69, 9.17) is 4.74 Å². The molecule has 0 saturated heterocycles. The van der Waals surface area contributed by atoms with Crippen molar-refractivity contribution in [3.05, 3.63) is 59.8 Å². The number of aromatic nitrogens is 1. The minimum atomic E-state index is -0.250. The third-order valence-electron chi connectivity index (χ3n) is 4.59. The highest BCUT2D eigenvalue weighted by atomic mass is 16.5. The van der Waals surface area contributed by atoms with Gasteiger partial charge in [-0.2, -0.15) is 0 Å². The monoisotopic (exact) mass is 340 g/mol. The number of pyridine rings is 1. The van der Waals surface area contributed by atoms with Crippen LogP contribution in [0.1, 0.15) is 36.8 Å². The molecular weight excluding hydrogens is 316 g/mol. The molecule has 1 aliphatic carbocycles. The van der Waals surface area contributed by atoms with Gasteiger partial charge in [-0.1, -0.05) is 36.4 Å². The zero-order valence-electron chi connectivity index (χ0n) is 14.2. The Labute approximate surface area is 148 Å². The van der Waals surface area contributed by atoms with Crippen LogP contribution in [0.2, 0.25) is 0 Å². The normalized spacial score (nSPS) is 20.0. The lowest BCUT2D eigenvalue weighted by Gasteiger charge is -2.24. The van der Waals surface area contributed by atoms with Gasteiger partial charge in [-0.05, 0) is 37.3 Å². The molecule has 5 nitrogen and oxygen atoms in total. The topological polar surface area (TPSA) is 71.5 Å². The van der Waals surface area contributed by atoms with Crippen LogP contribution >= 0.6 is 0 Å². The lowest BCUT2D eigenvalue weighted by Crippen LogP contribution is -2.33. The van der Waals surface area contributed by atoms with Gasteiger partial charge in [0.2, 0.25) is 11.8 Å². The molecular formula is C20H24N2O3. The van der Waals surface area contributed by atoms with E-state index in [9.17, 15) is 9.90 Å². The zero-order valence-corrected chi connectivity index (χ0v) is 14.2. The summed E-state index contributed by atoms with van der Waals surface area (Å²) in [4.78, 5) is 16.6. The van der Waals surface area contributed by atoms with Gasteiger partial charge in [0.15, 0.2) is 0 Å². The van der Waals surface area contributed by atoms with Crippen LogP contribution in [0.15, 0.2) is 48.7 Å². The molecule has 2 aromatic rings. The van der Waals surface area contributed by atoms with E-state index in [1.54, 1.807) is 6.20 Å². The molecule has 1 aromatic heterocycles. The van der Waals surface area contributed by atoms with Crippen molar-refractivity contribution in [2.45, 2.75) is 44.9 Å². The predicted octanol–water partition coefficient (Wildman–Crippen LogP) is 2.83. The Morgan fingerprint density at radius 3 is 2.64 bits per heavy atom. The number of benzene rings is 1. The second-order valence-electron chi connectivity index (χ2n) is 6.47. The van der Waals surface area contributed by atoms with E-state index >= 15 is 0 Å². The first kappa shape index (κ1) is 17.4. The number of hydrogen-bond donors (Lipinski definition) is 2. The summed E-state index contributed by atoms with van der Waals surface area (Å²) in [6, 6.07) is 13.7. The van der Waals surface area contributed by atoms with Gasteiger partial charge in [0, 0.05) is 24.2 Å². The fourth-order valence-electron chi connectivity index (χ4n) is 3.08. The third-order valence-corrected chi connectivity index (χ3v) is 4.59. The first-order valence-corrected chi connectivity index (χ1v) is 8.79. The Morgan fingerprint density at radius 1 is 1.12 bits per heavy atom. The van der Waals surface area contributed by atoms with Gasteiger partial charge in [-0.15, -0.1) is 0 Å². The lowest BCUT2D eigenvalue weighted by atomic mass is 9.87. The molecule has 2 N–H and O–H groups in total. The number of nitrogens with one attached hydrogen (secondary N) is 1. The summed E-state index contributed by atoms with van der Waals surface area (Å²) < 4.78 is 5.82. The zero-order chi connectivity index (χ0) is 17.5. The standard InChI is InChI=1S/C20H24N2O3/c23-18-10-8-16(9-11-18)19(24)22-13-17-7-4-12-21-20(17)25-14-15-5-2-1-3-6-15/h1-7,12,16,18,23H,8-11,13-14H2,(H,22,24). The van der Waals surface area contributed by atoms with Crippen LogP contribution in [0.3, 0.4) is 0 Å². The van der Waals surface area contributed by atoms with E-state index in [-0.39, 0.29) is 17.9 Å². The van der Waals surface area contributed by atoms with Crippen molar-refractivity contribution >= 4 is 5.91 Å². The van der Waals surface area contributed by atoms with Gasteiger partial charge in [-0.25, -0.2) is 4.98 Å². The van der Waals surface area contributed by atoms with Gasteiger partial charge in [0.1, 0.15) is 6.61 Å². The summed E-state index contributed by atoms with van der Waals surface area (Å²) in [5.74, 6) is 0.587. The van der Waals surface area contributed by atoms with Crippen molar-refractivity contribution in [1.29, 1.82) is 0 Å². The largest absolute Gasteiger partial charge is 0.473 e. The SMILES string of the molecule is O=C(NCc1cccnc1OCc1ccccc1)C1CCC(O)CC1. The molecule has 25 heavy (non-hydrogen) atoms. The van der Waals surface area contributed by atoms with Gasteiger partial charge in [-0.3, -0.25) is 4.79 Å². The van der Waals surface area contributed by atoms with E-state index in [1.165, 1.54) is 0 Å². The van der Waals surface area contributed by atoms with Crippen LogP contribution in [0.5, 0.6) is 5.88 Å². The predicted molar refractivity (Wildman–Crippen MR) is 94.8 cm³/mol. The molecule has 1 amide bonds. The number of aliphatic hydroxyl groups is 1. The maximum atomic E-state index is 12.3. The van der Waals surface area contributed by atoms with Crippen molar-refractivity contribution in [3.63, 3.8) is 0 Å². The molecule has 1 aliphatic rings. The average molecular weight is 340 g/mol. The van der Waals surface area contributed by atoms with Crippen LogP contribution in [0.4, 0.5) is 0 Å². The minimum Gasteiger partial charge on any atom is -0.473 e. The number of carbonyl (C=O) groups is 1. The number of ether oxygens (including phenoxy) is 1. The smallest absolute Gasteiger partial charge is 0.223 e. The second kappa shape index (κ2) is 8.62. The number of nitrogens with zero attached hydrogens (tertiary/aromatic N) is 1. The highest BCUT2D eigenvalue weighted by molar-refractivity contribution is 5.78. The fraction of sp³-hybridized carbons (Fsp3) is 0.400. The van der Waals surface area contributed by atoms with E-state index in [0.29, 0.717) is 31.9 Å². The summed E-state index contributed by atoms with van der Waals surface area (Å²) in [5, 5.41) is 12.5. The van der Waals surface area contributed by atoms with Crippen LogP contribution in [0.25, 0.3) is 0 Å². The molecule has 0 atom stereocenters. The molecule has 0 unspecified atom stereocenters. The molecule has 1 fully saturated rings. The maximum Gasteiger partial charge on any atom is 0.223 e. The molecule has 0 aliphatic heterocycles. The Bertz CT molecular complexity index is 682. The van der Waals surface area contributed by atoms with Crippen LogP contribution in [-0.2, 0) is 17.9 Å². The van der Waals surface area contributed by atoms with Crippen molar-refractivity contribution in [2.24, 2.45) is 5.92 Å². The summed E-state index contributed by atoms with van der Waals surface area (Å²) >= 11 is 0. The van der Waals surface area contributed by atoms with Crippen molar-refractivity contribution in [3.8, 4) is 5.88 Å². The fourth-order valence-corrected chi connectivity index (χ4v) is 3.08. The first-order chi connectivity index (χ1) is 12.2. The lowest BCUT2D eigenvalue weighted by molar-refractivity contribution is -0.126. The third kappa shape index (κ3) is 5.03. The number of aliphatic hydroxyl groups excluding tert-OH is 1. The highest BCUT2D eigenvalue weighted by Crippen LogP contribution is 2.24. The second-order valence-corrected chi connectivity index (χ2v) is 6.47. The van der Waals surface area contributed by atoms with Crippen molar-refractivity contribution < 1.29 is 14.6 Å². The summed E-state index contributed by atoms with van der Waals surface area (Å²) in [6.45, 7) is 0.842. The van der Waals surface area contributed by atoms with Gasteiger partial charge in [0.05, 0.1) is 6.10 Å². The van der Waals surface area contributed by atoms with Crippen molar-refractivity contribution in [2.75, 3.05) is 0 Å². The summed E-state index contributed by atoms with van der Waals surface area (Å²) in [5.41, 5.74) is 1.94. The number of carbonyl (C=O) groups excluding carboxylic acids is 1. The minimum absolute atomic E-state index is 0.00578. The molecule has 0 radical (unpaired) electrons. The van der Waals surface area contributed by atoms with Gasteiger partial charge >= 0.3 is 0 Å². The molecule has 132 valence electrons. The Kier molecular flexibility index (Phi) is 6.01. The Hall–Kier alpha value is -2.40. The van der Waals surface area contributed by atoms with E-state index < -0.39 is 0 Å². The molecule has 1 saturated carbocycles. The molecule has 0 bridgehead atoms. The van der Waals surface area contributed by atoms with Crippen LogP contribution in [0, 0.1) is 5.92 Å². The molecule has 0 spiro atoms. The average Bonchev–Trinajstić information content (AvgIpc) is 2.66. The van der Waals surface area contributed by atoms with Gasteiger partial charge < -0.3 is 15.2 Å². The van der Waals surface area contributed by atoms with Gasteiger partial charge in [0.25, 0.3) is 0 Å². The Morgan fingerprint density at radius 2 is 1.88 bits per heavy atom. The van der Waals surface area contributed by atoms with Crippen LogP contribution in [-0.4, -0.2) is 22.1 Å². The Balaban J connectivity index is 1.54. The highest BCUT2D eigenvalue weighted by Gasteiger charge is 2.25. The molecule has 1 heterocycles. The molecule has 3 rings (SSSR count). The molecule has 1 aromatic carbocycles. The summed E-state index contributed by atoms with van der Waals surface area (Å²) in [7, 11) is 0. The maximum absolute atomic E-state index is 12.3. The molecule has 5 heteroatoms. The van der Waals surface area contributed by atoms with E-state index in [1.807, 2.05) is 42.5 Å². The van der Waals surface area contributed by atoms with E-state index in [0.717, 1.165) is 24.0 Å².